The first kappa shape index (κ1) is 27.9. The van der Waals surface area contributed by atoms with Crippen LogP contribution >= 0.6 is 0 Å². The van der Waals surface area contributed by atoms with Gasteiger partial charge in [0.15, 0.2) is 0 Å². The summed E-state index contributed by atoms with van der Waals surface area (Å²) in [4.78, 5) is 45.7. The molecule has 0 aliphatic carbocycles. The Hall–Kier alpha value is -3.22. The number of hydrogen-bond donors (Lipinski definition) is 1. The zero-order valence-electron chi connectivity index (χ0n) is 23.9. The molecule has 216 valence electrons. The van der Waals surface area contributed by atoms with E-state index in [9.17, 15) is 19.5 Å². The molecule has 10 nitrogen and oxygen atoms in total. The summed E-state index contributed by atoms with van der Waals surface area (Å²) in [5.41, 5.74) is 2.51. The molecule has 0 unspecified atom stereocenters. The predicted octanol–water partition coefficient (Wildman–Crippen LogP) is 3.79. The van der Waals surface area contributed by atoms with Crippen LogP contribution in [0.2, 0.25) is 22.5 Å². The van der Waals surface area contributed by atoms with Crippen molar-refractivity contribution >= 4 is 36.2 Å². The maximum atomic E-state index is 13.7. The average molecular weight is 622 g/mol. The number of amides is 1. The first-order chi connectivity index (χ1) is 19.5. The van der Waals surface area contributed by atoms with Crippen LogP contribution < -0.4 is 10.3 Å². The Morgan fingerprint density at radius 1 is 1.15 bits per heavy atom. The Balaban J connectivity index is 1.48. The van der Waals surface area contributed by atoms with Crippen LogP contribution in [0.25, 0.3) is 22.3 Å². The van der Waals surface area contributed by atoms with E-state index in [0.29, 0.717) is 61.1 Å². The van der Waals surface area contributed by atoms with E-state index < -0.39 is 30.9 Å². The second-order valence-corrected chi connectivity index (χ2v) is 24.0. The Morgan fingerprint density at radius 2 is 1.90 bits per heavy atom. The molecule has 0 radical (unpaired) electrons. The molecule has 2 aromatic heterocycles. The minimum absolute atomic E-state index is 0.0920. The number of morpholine rings is 1. The third-order valence-corrected chi connectivity index (χ3v) is 12.0. The van der Waals surface area contributed by atoms with Crippen LogP contribution in [0, 0.1) is 0 Å². The maximum absolute atomic E-state index is 13.7. The first-order valence-electron chi connectivity index (χ1n) is 14.2. The summed E-state index contributed by atoms with van der Waals surface area (Å²) >= 11 is -1.97. The van der Waals surface area contributed by atoms with Crippen molar-refractivity contribution in [1.82, 2.24) is 14.5 Å². The summed E-state index contributed by atoms with van der Waals surface area (Å²) in [6, 6.07) is 7.21. The minimum atomic E-state index is -1.97. The van der Waals surface area contributed by atoms with Crippen LogP contribution in [0.5, 0.6) is 5.75 Å². The van der Waals surface area contributed by atoms with E-state index in [-0.39, 0.29) is 18.6 Å². The molecule has 3 aliphatic heterocycles. The number of carbonyl (C=O) groups excluding carboxylic acids is 2. The number of cyclic esters (lactones) is 1. The Kier molecular flexibility index (Phi) is 6.98. The van der Waals surface area contributed by atoms with Crippen molar-refractivity contribution in [3.63, 3.8) is 0 Å². The van der Waals surface area contributed by atoms with Crippen LogP contribution in [0.3, 0.4) is 0 Å². The number of carbonyl (C=O) groups is 2. The zero-order chi connectivity index (χ0) is 29.1. The third kappa shape index (κ3) is 4.85. The van der Waals surface area contributed by atoms with E-state index in [4.69, 9.17) is 19.2 Å². The first-order valence-corrected chi connectivity index (χ1v) is 21.9. The molecule has 1 aromatic carbocycles. The fraction of sp³-hybridized carbons (Fsp3) is 0.467. The molecule has 1 saturated heterocycles. The summed E-state index contributed by atoms with van der Waals surface area (Å²) in [7, 11) is 0. The summed E-state index contributed by atoms with van der Waals surface area (Å²) in [6.07, 6.45) is 0.501. The predicted molar refractivity (Wildman–Crippen MR) is 155 cm³/mol. The van der Waals surface area contributed by atoms with E-state index in [1.807, 2.05) is 12.1 Å². The summed E-state index contributed by atoms with van der Waals surface area (Å²) < 4.78 is 18.0. The van der Waals surface area contributed by atoms with Gasteiger partial charge in [-0.3, -0.25) is 0 Å². The zero-order valence-corrected chi connectivity index (χ0v) is 26.0. The summed E-state index contributed by atoms with van der Waals surface area (Å²) in [5.74, 6) is 6.82. The second kappa shape index (κ2) is 10.3. The average Bonchev–Trinajstić information content (AvgIpc) is 3.32. The molecule has 0 spiro atoms. The van der Waals surface area contributed by atoms with E-state index in [2.05, 4.69) is 17.3 Å². The second-order valence-electron chi connectivity index (χ2n) is 12.2. The molecular weight excluding hydrogens is 587 g/mol. The van der Waals surface area contributed by atoms with Gasteiger partial charge in [-0.2, -0.15) is 0 Å². The van der Waals surface area contributed by atoms with Gasteiger partial charge >= 0.3 is 241 Å². The van der Waals surface area contributed by atoms with Crippen molar-refractivity contribution in [2.24, 2.45) is 0 Å². The summed E-state index contributed by atoms with van der Waals surface area (Å²) in [6.45, 7) is 3.83. The van der Waals surface area contributed by atoms with E-state index in [0.717, 1.165) is 33.7 Å². The molecule has 3 aromatic rings. The molecule has 1 fully saturated rings. The quantitative estimate of drug-likeness (QED) is 0.264. The van der Waals surface area contributed by atoms with Crippen molar-refractivity contribution in [3.05, 3.63) is 56.9 Å². The number of pyridine rings is 2. The molecule has 1 N–H and O–H groups in total. The number of aryl methyl sites for hydroxylation is 1. The van der Waals surface area contributed by atoms with Crippen LogP contribution in [0.4, 0.5) is 4.79 Å². The monoisotopic (exact) mass is 623 g/mol. The number of ether oxygens (including phenoxy) is 3. The molecule has 3 aliphatic rings. The molecule has 41 heavy (non-hydrogen) atoms. The van der Waals surface area contributed by atoms with Crippen LogP contribution in [-0.2, 0) is 39.4 Å². The molecule has 5 heterocycles. The number of aromatic nitrogens is 2. The standard InChI is InChI=1S/C30H35GeN3O7/c1-5-30(38)23-15-25-26-21(16-34(25)27(35)22(23)17-40-28(30)36)19(8-9-31(2,3)4)20-14-18(6-7-24(20)32-26)41-29(37)33-10-12-39-13-11-33/h6-7,14-15,38H,5,8-13,16-17H2,1-4H3/t30-/m0/s1. The van der Waals surface area contributed by atoms with Gasteiger partial charge in [-0.05, 0) is 0 Å². The molecule has 1 amide bonds. The normalized spacial score (nSPS) is 19.9. The van der Waals surface area contributed by atoms with Gasteiger partial charge in [0.05, 0.1) is 0 Å². The number of nitrogens with zero attached hydrogens (tertiary/aromatic N) is 3. The Bertz CT molecular complexity index is 1640. The Labute approximate surface area is 240 Å². The van der Waals surface area contributed by atoms with Crippen molar-refractivity contribution in [1.29, 1.82) is 0 Å². The van der Waals surface area contributed by atoms with Crippen LogP contribution in [0.15, 0.2) is 29.1 Å². The van der Waals surface area contributed by atoms with Crippen molar-refractivity contribution < 1.29 is 28.9 Å². The Morgan fingerprint density at radius 3 is 2.61 bits per heavy atom. The van der Waals surface area contributed by atoms with Gasteiger partial charge in [0, 0.05) is 0 Å². The fourth-order valence-corrected chi connectivity index (χ4v) is 8.00. The SMILES string of the molecule is CC[C@@]1(O)C(=O)OCc2c1cc1n(c2=O)Cc2c-1nc1ccc(OC(=O)N3CCOCC3)cc1c2C[CH2][Ge]([CH3])([CH3])[CH3]. The van der Waals surface area contributed by atoms with Crippen molar-refractivity contribution in [2.45, 2.75) is 61.0 Å². The molecule has 6 rings (SSSR count). The molecule has 1 atom stereocenters. The third-order valence-electron chi connectivity index (χ3n) is 8.38. The van der Waals surface area contributed by atoms with Gasteiger partial charge in [-0.25, -0.2) is 0 Å². The number of fused-ring (bicyclic) bond motifs is 5. The van der Waals surface area contributed by atoms with Gasteiger partial charge in [0.25, 0.3) is 0 Å². The number of aliphatic hydroxyl groups is 1. The van der Waals surface area contributed by atoms with Crippen LogP contribution in [0.1, 0.15) is 35.6 Å². The molecule has 0 saturated carbocycles. The van der Waals surface area contributed by atoms with E-state index >= 15 is 0 Å². The van der Waals surface area contributed by atoms with Crippen LogP contribution in [-0.4, -0.2) is 71.2 Å². The molecule has 0 bridgehead atoms. The van der Waals surface area contributed by atoms with Crippen molar-refractivity contribution in [3.8, 4) is 17.1 Å². The number of hydrogen-bond acceptors (Lipinski definition) is 8. The van der Waals surface area contributed by atoms with Gasteiger partial charge in [0.1, 0.15) is 0 Å². The molecular formula is C30H35GeN3O7. The number of benzene rings is 1. The van der Waals surface area contributed by atoms with E-state index in [1.165, 1.54) is 0 Å². The van der Waals surface area contributed by atoms with Gasteiger partial charge in [-0.15, -0.1) is 0 Å². The molecule has 11 heteroatoms. The topological polar surface area (TPSA) is 120 Å². The van der Waals surface area contributed by atoms with Gasteiger partial charge < -0.3 is 0 Å². The number of rotatable bonds is 5. The fourth-order valence-electron chi connectivity index (χ4n) is 5.90. The van der Waals surface area contributed by atoms with Crippen molar-refractivity contribution in [2.75, 3.05) is 26.3 Å². The summed E-state index contributed by atoms with van der Waals surface area (Å²) in [5, 5.41) is 13.2. The van der Waals surface area contributed by atoms with Gasteiger partial charge in [-0.1, -0.05) is 0 Å². The number of esters is 1. The van der Waals surface area contributed by atoms with Gasteiger partial charge in [0.2, 0.25) is 0 Å². The van der Waals surface area contributed by atoms with E-state index in [1.54, 1.807) is 28.5 Å².